The third-order valence-electron chi connectivity index (χ3n) is 2.18. The largest absolute Gasteiger partial charge is 0.384 e. The molecule has 0 spiro atoms. The van der Waals surface area contributed by atoms with Crippen LogP contribution in [0.4, 0.5) is 0 Å². The van der Waals surface area contributed by atoms with Crippen LogP contribution in [0, 0.1) is 5.41 Å². The summed E-state index contributed by atoms with van der Waals surface area (Å²) in [5.41, 5.74) is 6.25. The first kappa shape index (κ1) is 13.4. The lowest BCUT2D eigenvalue weighted by Gasteiger charge is -2.09. The number of pyridine rings is 1. The molecule has 3 nitrogen and oxygen atoms in total. The second-order valence-corrected chi connectivity index (χ2v) is 5.71. The fourth-order valence-electron chi connectivity index (χ4n) is 1.40. The van der Waals surface area contributed by atoms with E-state index in [0.717, 1.165) is 9.37 Å². The zero-order valence-electron chi connectivity index (χ0n) is 9.15. The highest BCUT2D eigenvalue weighted by molar-refractivity contribution is 9.10. The summed E-state index contributed by atoms with van der Waals surface area (Å²) in [5.74, 6) is 0.0111. The molecule has 0 saturated carbocycles. The lowest BCUT2D eigenvalue weighted by Crippen LogP contribution is -2.13. The van der Waals surface area contributed by atoms with Crippen LogP contribution in [-0.4, -0.2) is 10.8 Å². The number of nitrogens with one attached hydrogen (secondary N) is 1. The molecule has 1 heterocycles. The van der Waals surface area contributed by atoms with Gasteiger partial charge >= 0.3 is 0 Å². The Bertz CT molecular complexity index is 604. The predicted molar refractivity (Wildman–Crippen MR) is 78.5 cm³/mol. The number of nitrogens with two attached hydrogens (primary N) is 1. The quantitative estimate of drug-likeness (QED) is 0.656. The molecule has 0 bridgehead atoms. The first-order valence-electron chi connectivity index (χ1n) is 5.01. The van der Waals surface area contributed by atoms with Crippen LogP contribution in [0.15, 0.2) is 50.9 Å². The van der Waals surface area contributed by atoms with Gasteiger partial charge in [0.05, 0.1) is 5.02 Å². The van der Waals surface area contributed by atoms with Crippen molar-refractivity contribution < 1.29 is 0 Å². The summed E-state index contributed by atoms with van der Waals surface area (Å²) in [6.45, 7) is 0. The molecule has 1 aromatic heterocycles. The molecule has 0 aliphatic heterocycles. The fraction of sp³-hybridized carbons (Fsp3) is 0. The Balaban J connectivity index is 2.44. The number of hydrogen-bond acceptors (Lipinski definition) is 3. The Morgan fingerprint density at radius 2 is 2.11 bits per heavy atom. The van der Waals surface area contributed by atoms with E-state index < -0.39 is 0 Å². The van der Waals surface area contributed by atoms with Crippen LogP contribution < -0.4 is 5.73 Å². The number of nitrogens with zero attached hydrogens (tertiary/aromatic N) is 1. The molecule has 0 aliphatic carbocycles. The van der Waals surface area contributed by atoms with Gasteiger partial charge < -0.3 is 5.73 Å². The van der Waals surface area contributed by atoms with Gasteiger partial charge in [0.15, 0.2) is 0 Å². The van der Waals surface area contributed by atoms with E-state index in [0.29, 0.717) is 15.6 Å². The molecular formula is C12H9BrClN3S. The van der Waals surface area contributed by atoms with E-state index in [1.54, 1.807) is 18.3 Å². The Labute approximate surface area is 122 Å². The van der Waals surface area contributed by atoms with Gasteiger partial charge in [0.2, 0.25) is 0 Å². The van der Waals surface area contributed by atoms with Crippen LogP contribution in [0.3, 0.4) is 0 Å². The van der Waals surface area contributed by atoms with Gasteiger partial charge in [0, 0.05) is 21.1 Å². The van der Waals surface area contributed by atoms with Crippen molar-refractivity contribution in [1.82, 2.24) is 4.98 Å². The maximum absolute atomic E-state index is 7.62. The minimum Gasteiger partial charge on any atom is -0.384 e. The fourth-order valence-corrected chi connectivity index (χ4v) is 3.31. The van der Waals surface area contributed by atoms with E-state index in [4.69, 9.17) is 22.7 Å². The molecular weight excluding hydrogens is 334 g/mol. The number of rotatable bonds is 3. The Morgan fingerprint density at radius 3 is 2.78 bits per heavy atom. The van der Waals surface area contributed by atoms with Gasteiger partial charge in [0.1, 0.15) is 10.9 Å². The Kier molecular flexibility index (Phi) is 4.27. The highest BCUT2D eigenvalue weighted by atomic mass is 79.9. The summed E-state index contributed by atoms with van der Waals surface area (Å²) < 4.78 is 0.784. The lowest BCUT2D eigenvalue weighted by atomic mass is 10.2. The van der Waals surface area contributed by atoms with Crippen molar-refractivity contribution in [3.05, 3.63) is 51.6 Å². The van der Waals surface area contributed by atoms with Crippen molar-refractivity contribution in [3.8, 4) is 0 Å². The van der Waals surface area contributed by atoms with Gasteiger partial charge in [0.25, 0.3) is 0 Å². The molecule has 2 aromatic rings. The molecule has 6 heteroatoms. The molecule has 3 N–H and O–H groups in total. The monoisotopic (exact) mass is 341 g/mol. The van der Waals surface area contributed by atoms with Crippen LogP contribution in [0.5, 0.6) is 0 Å². The van der Waals surface area contributed by atoms with Crippen LogP contribution in [0.2, 0.25) is 5.02 Å². The lowest BCUT2D eigenvalue weighted by molar-refractivity contribution is 1.13. The number of amidine groups is 1. The SMILES string of the molecule is N=C(N)c1c(Br)cccc1Sc1ncccc1Cl. The average Bonchev–Trinajstić information content (AvgIpc) is 2.31. The summed E-state index contributed by atoms with van der Waals surface area (Å²) in [7, 11) is 0. The summed E-state index contributed by atoms with van der Waals surface area (Å²) in [4.78, 5) is 5.05. The smallest absolute Gasteiger partial charge is 0.125 e. The first-order valence-corrected chi connectivity index (χ1v) is 6.99. The van der Waals surface area contributed by atoms with Crippen LogP contribution in [-0.2, 0) is 0 Å². The molecule has 18 heavy (non-hydrogen) atoms. The first-order chi connectivity index (χ1) is 8.59. The molecule has 0 atom stereocenters. The Morgan fingerprint density at radius 1 is 1.33 bits per heavy atom. The standard InChI is InChI=1S/C12H9BrClN3S/c13-7-3-1-5-9(10(7)11(15)16)18-12-8(14)4-2-6-17-12/h1-6H,(H3,15,16). The third kappa shape index (κ3) is 2.85. The van der Waals surface area contributed by atoms with Crippen LogP contribution in [0.25, 0.3) is 0 Å². The molecule has 0 fully saturated rings. The van der Waals surface area contributed by atoms with E-state index in [1.807, 2.05) is 18.2 Å². The average molecular weight is 343 g/mol. The molecule has 92 valence electrons. The third-order valence-corrected chi connectivity index (χ3v) is 4.33. The summed E-state index contributed by atoms with van der Waals surface area (Å²) in [5, 5.41) is 8.89. The number of halogens is 2. The second-order valence-electron chi connectivity index (χ2n) is 3.42. The van der Waals surface area contributed by atoms with Gasteiger partial charge in [-0.1, -0.05) is 29.4 Å². The highest BCUT2D eigenvalue weighted by Crippen LogP contribution is 2.35. The van der Waals surface area contributed by atoms with Crippen LogP contribution in [0.1, 0.15) is 5.56 Å². The van der Waals surface area contributed by atoms with E-state index >= 15 is 0 Å². The zero-order chi connectivity index (χ0) is 13.1. The zero-order valence-corrected chi connectivity index (χ0v) is 12.3. The minimum atomic E-state index is 0.0111. The molecule has 0 radical (unpaired) electrons. The normalized spacial score (nSPS) is 10.3. The second kappa shape index (κ2) is 5.73. The van der Waals surface area contributed by atoms with E-state index in [9.17, 15) is 0 Å². The summed E-state index contributed by atoms with van der Waals surface area (Å²) in [6.07, 6.45) is 1.68. The molecule has 0 saturated heterocycles. The van der Waals surface area contributed by atoms with E-state index in [-0.39, 0.29) is 5.84 Å². The summed E-state index contributed by atoms with van der Waals surface area (Å²) >= 11 is 10.8. The van der Waals surface area contributed by atoms with Crippen molar-refractivity contribution in [3.63, 3.8) is 0 Å². The molecule has 2 rings (SSSR count). The van der Waals surface area contributed by atoms with Gasteiger partial charge in [-0.3, -0.25) is 5.41 Å². The minimum absolute atomic E-state index is 0.0111. The predicted octanol–water partition coefficient (Wildman–Crippen LogP) is 3.93. The van der Waals surface area contributed by atoms with Crippen molar-refractivity contribution in [1.29, 1.82) is 5.41 Å². The van der Waals surface area contributed by atoms with Gasteiger partial charge in [-0.2, -0.15) is 0 Å². The van der Waals surface area contributed by atoms with Gasteiger partial charge in [-0.05, 0) is 40.2 Å². The molecule has 0 unspecified atom stereocenters. The van der Waals surface area contributed by atoms with Crippen molar-refractivity contribution in [2.75, 3.05) is 0 Å². The molecule has 0 aliphatic rings. The number of hydrogen-bond donors (Lipinski definition) is 2. The van der Waals surface area contributed by atoms with Gasteiger partial charge in [-0.25, -0.2) is 4.98 Å². The van der Waals surface area contributed by atoms with Crippen molar-refractivity contribution in [2.24, 2.45) is 5.73 Å². The highest BCUT2D eigenvalue weighted by Gasteiger charge is 2.12. The number of benzene rings is 1. The van der Waals surface area contributed by atoms with Crippen molar-refractivity contribution >= 4 is 45.1 Å². The van der Waals surface area contributed by atoms with Crippen LogP contribution >= 0.6 is 39.3 Å². The van der Waals surface area contributed by atoms with Crippen molar-refractivity contribution in [2.45, 2.75) is 9.92 Å². The maximum atomic E-state index is 7.62. The van der Waals surface area contributed by atoms with E-state index in [2.05, 4.69) is 20.9 Å². The summed E-state index contributed by atoms with van der Waals surface area (Å²) in [6, 6.07) is 9.18. The number of nitrogen functional groups attached to an aromatic ring is 1. The van der Waals surface area contributed by atoms with Gasteiger partial charge in [-0.15, -0.1) is 0 Å². The topological polar surface area (TPSA) is 62.8 Å². The Hall–Kier alpha value is -1.04. The molecule has 1 aromatic carbocycles. The van der Waals surface area contributed by atoms with E-state index in [1.165, 1.54) is 11.8 Å². The number of aromatic nitrogens is 1. The maximum Gasteiger partial charge on any atom is 0.125 e. The molecule has 0 amide bonds.